The van der Waals surface area contributed by atoms with Crippen LogP contribution in [0.2, 0.25) is 0 Å². The standard InChI is InChI=1S/C28H36F3N7O2S/c1-18-20-7-8-22(38-13-9-23(35-38)40-14-12-27(10-11-27)28(29,30)31)34-25(20)37-17-19(15-26(37,2)3)16-32-21-5-4-6-24(33-21)41(39)36-18/h7-9,13,19,21,32,36H,1,4-6,10-12,14-17H2,2-3H3. The molecule has 1 saturated carbocycles. The van der Waals surface area contributed by atoms with Gasteiger partial charge in [-0.3, -0.25) is 5.32 Å². The summed E-state index contributed by atoms with van der Waals surface area (Å²) in [7, 11) is 0. The third-order valence-electron chi connectivity index (χ3n) is 8.73. The summed E-state index contributed by atoms with van der Waals surface area (Å²) in [6, 6.07) is 5.31. The van der Waals surface area contributed by atoms with Crippen LogP contribution in [-0.4, -0.2) is 61.9 Å². The Morgan fingerprint density at radius 1 is 1.24 bits per heavy atom. The lowest BCUT2D eigenvalue weighted by atomic mass is 9.96. The zero-order valence-corrected chi connectivity index (χ0v) is 24.2. The average Bonchev–Trinajstić information content (AvgIpc) is 3.47. The van der Waals surface area contributed by atoms with Crippen molar-refractivity contribution >= 4 is 27.9 Å². The van der Waals surface area contributed by atoms with Crippen LogP contribution < -0.4 is 19.7 Å². The number of alkyl halides is 3. The smallest absolute Gasteiger partial charge is 0.394 e. The Hall–Kier alpha value is -2.77. The van der Waals surface area contributed by atoms with Crippen molar-refractivity contribution < 1.29 is 22.5 Å². The number of nitrogens with zero attached hydrogens (tertiary/aromatic N) is 5. The van der Waals surface area contributed by atoms with E-state index in [0.29, 0.717) is 34.7 Å². The highest BCUT2D eigenvalue weighted by molar-refractivity contribution is 8.05. The quantitative estimate of drug-likeness (QED) is 0.485. The highest BCUT2D eigenvalue weighted by Crippen LogP contribution is 2.59. The largest absolute Gasteiger partial charge is 0.587 e. The summed E-state index contributed by atoms with van der Waals surface area (Å²) in [5, 5.41) is 8.65. The van der Waals surface area contributed by atoms with Crippen LogP contribution >= 0.6 is 0 Å². The van der Waals surface area contributed by atoms with E-state index in [1.54, 1.807) is 23.0 Å². The van der Waals surface area contributed by atoms with Gasteiger partial charge in [0, 0.05) is 42.9 Å². The van der Waals surface area contributed by atoms with E-state index in [1.807, 2.05) is 6.07 Å². The molecule has 2 aromatic rings. The third kappa shape index (κ3) is 5.68. The molecule has 0 amide bonds. The number of rotatable bonds is 5. The number of ether oxygens (including phenoxy) is 1. The first-order chi connectivity index (χ1) is 19.4. The average molecular weight is 592 g/mol. The van der Waals surface area contributed by atoms with Gasteiger partial charge in [0.15, 0.2) is 5.82 Å². The SMILES string of the molecule is C=C1N[S+]([O-])C2=NC(CCC2)NCC2CN(c3nc(-n4ccc(OCCC5(C(F)(F)F)CC5)n4)ccc31)C(C)(C)C2. The van der Waals surface area contributed by atoms with Crippen molar-refractivity contribution in [3.63, 3.8) is 0 Å². The molecule has 3 aliphatic heterocycles. The van der Waals surface area contributed by atoms with Crippen LogP contribution in [0, 0.1) is 11.3 Å². The van der Waals surface area contributed by atoms with E-state index in [0.717, 1.165) is 37.9 Å². The molecular weight excluding hydrogens is 555 g/mol. The second-order valence-electron chi connectivity index (χ2n) is 12.2. The summed E-state index contributed by atoms with van der Waals surface area (Å²) < 4.78 is 63.2. The Kier molecular flexibility index (Phi) is 7.26. The van der Waals surface area contributed by atoms with Crippen molar-refractivity contribution in [2.24, 2.45) is 16.3 Å². The zero-order chi connectivity index (χ0) is 29.0. The van der Waals surface area contributed by atoms with E-state index in [-0.39, 0.29) is 43.5 Å². The Balaban J connectivity index is 1.26. The molecule has 2 fully saturated rings. The number of anilines is 1. The van der Waals surface area contributed by atoms with Crippen LogP contribution in [0.25, 0.3) is 11.5 Å². The highest BCUT2D eigenvalue weighted by Gasteiger charge is 2.62. The lowest BCUT2D eigenvalue weighted by molar-refractivity contribution is -0.190. The van der Waals surface area contributed by atoms with Crippen molar-refractivity contribution in [2.75, 3.05) is 24.6 Å². The van der Waals surface area contributed by atoms with Crippen molar-refractivity contribution in [2.45, 2.75) is 76.7 Å². The first-order valence-corrected chi connectivity index (χ1v) is 15.3. The monoisotopic (exact) mass is 591 g/mol. The molecule has 0 radical (unpaired) electrons. The molecule has 13 heteroatoms. The number of pyridine rings is 1. The molecule has 6 rings (SSSR count). The van der Waals surface area contributed by atoms with E-state index in [2.05, 4.69) is 40.5 Å². The van der Waals surface area contributed by atoms with E-state index in [1.165, 1.54) is 0 Å². The predicted molar refractivity (Wildman–Crippen MR) is 152 cm³/mol. The van der Waals surface area contributed by atoms with Crippen LogP contribution in [0.5, 0.6) is 5.88 Å². The van der Waals surface area contributed by atoms with Gasteiger partial charge in [-0.05, 0) is 70.4 Å². The molecule has 222 valence electrons. The van der Waals surface area contributed by atoms with Gasteiger partial charge in [0.2, 0.25) is 10.9 Å². The van der Waals surface area contributed by atoms with Crippen LogP contribution in [-0.2, 0) is 11.4 Å². The van der Waals surface area contributed by atoms with Gasteiger partial charge in [0.1, 0.15) is 23.3 Å². The molecule has 0 spiro atoms. The Bertz CT molecular complexity index is 1340. The third-order valence-corrected chi connectivity index (χ3v) is 9.90. The van der Waals surface area contributed by atoms with Crippen molar-refractivity contribution in [3.05, 3.63) is 36.5 Å². The van der Waals surface area contributed by atoms with Gasteiger partial charge < -0.3 is 14.2 Å². The minimum atomic E-state index is -4.20. The maximum absolute atomic E-state index is 13.3. The summed E-state index contributed by atoms with van der Waals surface area (Å²) in [5.74, 6) is 1.85. The van der Waals surface area contributed by atoms with Crippen molar-refractivity contribution in [1.82, 2.24) is 24.8 Å². The van der Waals surface area contributed by atoms with Gasteiger partial charge >= 0.3 is 6.18 Å². The molecule has 41 heavy (non-hydrogen) atoms. The van der Waals surface area contributed by atoms with Crippen LogP contribution in [0.1, 0.15) is 64.4 Å². The van der Waals surface area contributed by atoms with Gasteiger partial charge in [-0.15, -0.1) is 5.10 Å². The molecule has 2 aromatic heterocycles. The Morgan fingerprint density at radius 3 is 2.80 bits per heavy atom. The predicted octanol–water partition coefficient (Wildman–Crippen LogP) is 4.72. The fourth-order valence-corrected chi connectivity index (χ4v) is 7.16. The number of halogens is 3. The maximum Gasteiger partial charge on any atom is 0.394 e. The highest BCUT2D eigenvalue weighted by atomic mass is 32.2. The fraction of sp³-hybridized carbons (Fsp3) is 0.607. The first kappa shape index (κ1) is 28.4. The number of nitrogens with one attached hydrogen (secondary N) is 2. The first-order valence-electron chi connectivity index (χ1n) is 14.2. The molecule has 9 nitrogen and oxygen atoms in total. The number of hydrogen-bond acceptors (Lipinski definition) is 8. The summed E-state index contributed by atoms with van der Waals surface area (Å²) >= 11 is -1.51. The molecule has 3 unspecified atom stereocenters. The molecule has 4 aliphatic rings. The molecule has 1 aliphatic carbocycles. The molecule has 2 N–H and O–H groups in total. The summed E-state index contributed by atoms with van der Waals surface area (Å²) in [6.07, 6.45) is 1.16. The van der Waals surface area contributed by atoms with E-state index >= 15 is 0 Å². The minimum absolute atomic E-state index is 0.0396. The number of hydrogen-bond donors (Lipinski definition) is 2. The van der Waals surface area contributed by atoms with Crippen molar-refractivity contribution in [1.29, 1.82) is 0 Å². The summed E-state index contributed by atoms with van der Waals surface area (Å²) in [5.41, 5.74) is -0.575. The van der Waals surface area contributed by atoms with Gasteiger partial charge in [-0.2, -0.15) is 13.2 Å². The van der Waals surface area contributed by atoms with E-state index in [9.17, 15) is 17.7 Å². The molecule has 5 heterocycles. The number of aliphatic imine (C=N–C) groups is 1. The second kappa shape index (κ2) is 10.5. The Morgan fingerprint density at radius 2 is 2.05 bits per heavy atom. The van der Waals surface area contributed by atoms with Gasteiger partial charge in [-0.25, -0.2) is 19.4 Å². The maximum atomic E-state index is 13.3. The van der Waals surface area contributed by atoms with Gasteiger partial charge in [0.25, 0.3) is 0 Å². The van der Waals surface area contributed by atoms with Crippen LogP contribution in [0.3, 0.4) is 0 Å². The normalized spacial score (nSPS) is 27.1. The number of aromatic nitrogens is 3. The van der Waals surface area contributed by atoms with E-state index in [4.69, 9.17) is 14.7 Å². The van der Waals surface area contributed by atoms with Crippen LogP contribution in [0.4, 0.5) is 19.0 Å². The molecule has 1 saturated heterocycles. The molecular formula is C28H36F3N7O2S. The summed E-state index contributed by atoms with van der Waals surface area (Å²) in [6.45, 7) is 10.1. The number of fused-ring (bicyclic) bond motifs is 5. The van der Waals surface area contributed by atoms with Gasteiger partial charge in [-0.1, -0.05) is 6.58 Å². The molecule has 4 bridgehead atoms. The zero-order valence-electron chi connectivity index (χ0n) is 23.3. The fourth-order valence-electron chi connectivity index (χ4n) is 6.16. The van der Waals surface area contributed by atoms with Crippen LogP contribution in [0.15, 0.2) is 36.0 Å². The van der Waals surface area contributed by atoms with Crippen molar-refractivity contribution in [3.8, 4) is 11.7 Å². The molecule has 0 aromatic carbocycles. The van der Waals surface area contributed by atoms with Gasteiger partial charge in [0.05, 0.1) is 17.7 Å². The lowest BCUT2D eigenvalue weighted by Gasteiger charge is -2.34. The molecule has 3 atom stereocenters. The minimum Gasteiger partial charge on any atom is -0.587 e. The Labute approximate surface area is 240 Å². The summed E-state index contributed by atoms with van der Waals surface area (Å²) in [4.78, 5) is 12.0. The second-order valence-corrected chi connectivity index (χ2v) is 13.4. The lowest BCUT2D eigenvalue weighted by Crippen LogP contribution is -2.40. The topological polar surface area (TPSA) is 103 Å². The van der Waals surface area contributed by atoms with E-state index < -0.39 is 23.0 Å².